The van der Waals surface area contributed by atoms with Gasteiger partial charge in [0.05, 0.1) is 6.20 Å². The summed E-state index contributed by atoms with van der Waals surface area (Å²) >= 11 is 0. The van der Waals surface area contributed by atoms with Gasteiger partial charge in [-0.1, -0.05) is 32.0 Å². The molecule has 1 aromatic heterocycles. The molecule has 1 aromatic carbocycles. The SMILES string of the molecule is CCCN(CCC)c1cnnc(NCc2ccccc2F)n1. The number of hydrogen-bond acceptors (Lipinski definition) is 5. The van der Waals surface area contributed by atoms with E-state index in [1.807, 2.05) is 0 Å². The largest absolute Gasteiger partial charge is 0.355 e. The number of nitrogens with one attached hydrogen (secondary N) is 1. The number of halogens is 1. The van der Waals surface area contributed by atoms with Gasteiger partial charge in [0, 0.05) is 25.2 Å². The van der Waals surface area contributed by atoms with Crippen LogP contribution < -0.4 is 10.2 Å². The Morgan fingerprint density at radius 1 is 1.14 bits per heavy atom. The molecule has 0 saturated heterocycles. The summed E-state index contributed by atoms with van der Waals surface area (Å²) in [6.45, 7) is 6.46. The molecule has 5 nitrogen and oxygen atoms in total. The van der Waals surface area contributed by atoms with Gasteiger partial charge in [-0.15, -0.1) is 5.10 Å². The van der Waals surface area contributed by atoms with Gasteiger partial charge >= 0.3 is 0 Å². The fourth-order valence-electron chi connectivity index (χ4n) is 2.22. The maximum absolute atomic E-state index is 13.6. The molecule has 118 valence electrons. The number of aromatic nitrogens is 3. The van der Waals surface area contributed by atoms with Crippen molar-refractivity contribution in [1.29, 1.82) is 0 Å². The molecule has 0 radical (unpaired) electrons. The first kappa shape index (κ1) is 16.1. The van der Waals surface area contributed by atoms with E-state index in [1.165, 1.54) is 6.07 Å². The van der Waals surface area contributed by atoms with E-state index in [0.717, 1.165) is 31.7 Å². The van der Waals surface area contributed by atoms with Crippen molar-refractivity contribution >= 4 is 11.8 Å². The summed E-state index contributed by atoms with van der Waals surface area (Å²) in [6, 6.07) is 6.65. The van der Waals surface area contributed by atoms with Crippen molar-refractivity contribution in [3.8, 4) is 0 Å². The van der Waals surface area contributed by atoms with E-state index in [1.54, 1.807) is 24.4 Å². The molecule has 0 aliphatic carbocycles. The van der Waals surface area contributed by atoms with Gasteiger partial charge in [0.25, 0.3) is 0 Å². The van der Waals surface area contributed by atoms with Crippen molar-refractivity contribution < 1.29 is 4.39 Å². The van der Waals surface area contributed by atoms with Crippen molar-refractivity contribution in [2.45, 2.75) is 33.2 Å². The number of benzene rings is 1. The van der Waals surface area contributed by atoms with Crippen LogP contribution in [0.4, 0.5) is 16.2 Å². The fourth-order valence-corrected chi connectivity index (χ4v) is 2.22. The quantitative estimate of drug-likeness (QED) is 0.811. The van der Waals surface area contributed by atoms with E-state index in [-0.39, 0.29) is 5.82 Å². The fraction of sp³-hybridized carbons (Fsp3) is 0.438. The lowest BCUT2D eigenvalue weighted by Crippen LogP contribution is -2.26. The lowest BCUT2D eigenvalue weighted by Gasteiger charge is -2.22. The summed E-state index contributed by atoms with van der Waals surface area (Å²) < 4.78 is 13.6. The van der Waals surface area contributed by atoms with Crippen molar-refractivity contribution in [2.24, 2.45) is 0 Å². The Hall–Kier alpha value is -2.24. The Morgan fingerprint density at radius 2 is 1.86 bits per heavy atom. The van der Waals surface area contributed by atoms with E-state index in [9.17, 15) is 4.39 Å². The van der Waals surface area contributed by atoms with E-state index in [0.29, 0.717) is 18.1 Å². The van der Waals surface area contributed by atoms with E-state index in [4.69, 9.17) is 0 Å². The monoisotopic (exact) mass is 303 g/mol. The third-order valence-electron chi connectivity index (χ3n) is 3.25. The van der Waals surface area contributed by atoms with E-state index < -0.39 is 0 Å². The van der Waals surface area contributed by atoms with Gasteiger partial charge < -0.3 is 10.2 Å². The van der Waals surface area contributed by atoms with Gasteiger partial charge in [-0.3, -0.25) is 0 Å². The van der Waals surface area contributed by atoms with Gasteiger partial charge in [0.2, 0.25) is 5.95 Å². The molecule has 2 aromatic rings. The normalized spacial score (nSPS) is 10.5. The Bertz CT molecular complexity index is 584. The van der Waals surface area contributed by atoms with Crippen LogP contribution in [0.5, 0.6) is 0 Å². The highest BCUT2D eigenvalue weighted by Gasteiger charge is 2.09. The second kappa shape index (κ2) is 8.26. The predicted octanol–water partition coefficient (Wildman–Crippen LogP) is 3.25. The van der Waals surface area contributed by atoms with Crippen LogP contribution >= 0.6 is 0 Å². The molecule has 0 saturated carbocycles. The average molecular weight is 303 g/mol. The summed E-state index contributed by atoms with van der Waals surface area (Å²) in [4.78, 5) is 6.66. The molecule has 0 amide bonds. The van der Waals surface area contributed by atoms with Crippen molar-refractivity contribution in [1.82, 2.24) is 15.2 Å². The number of anilines is 2. The van der Waals surface area contributed by atoms with Crippen LogP contribution in [0, 0.1) is 5.82 Å². The zero-order valence-corrected chi connectivity index (χ0v) is 13.1. The molecule has 0 aliphatic rings. The molecule has 1 N–H and O–H groups in total. The molecule has 6 heteroatoms. The molecule has 0 unspecified atom stereocenters. The molecule has 1 heterocycles. The van der Waals surface area contributed by atoms with Crippen LogP contribution in [0.3, 0.4) is 0 Å². The summed E-state index contributed by atoms with van der Waals surface area (Å²) in [6.07, 6.45) is 3.75. The van der Waals surface area contributed by atoms with E-state index >= 15 is 0 Å². The second-order valence-corrected chi connectivity index (χ2v) is 5.07. The average Bonchev–Trinajstić information content (AvgIpc) is 2.54. The summed E-state index contributed by atoms with van der Waals surface area (Å²) in [5.74, 6) is 0.977. The van der Waals surface area contributed by atoms with Crippen LogP contribution in [0.1, 0.15) is 32.3 Å². The van der Waals surface area contributed by atoms with Crippen molar-refractivity contribution in [3.05, 3.63) is 41.8 Å². The third kappa shape index (κ3) is 4.38. The van der Waals surface area contributed by atoms with Crippen LogP contribution in [0.25, 0.3) is 0 Å². The van der Waals surface area contributed by atoms with Gasteiger partial charge in [0.1, 0.15) is 5.82 Å². The molecule has 0 spiro atoms. The first-order valence-corrected chi connectivity index (χ1v) is 7.66. The molecular formula is C16H22FN5. The predicted molar refractivity (Wildman–Crippen MR) is 86.3 cm³/mol. The van der Waals surface area contributed by atoms with Gasteiger partial charge in [-0.2, -0.15) is 10.1 Å². The van der Waals surface area contributed by atoms with E-state index in [2.05, 4.69) is 39.2 Å². The Kier molecular flexibility index (Phi) is 6.06. The van der Waals surface area contributed by atoms with Crippen LogP contribution in [-0.2, 0) is 6.54 Å². The Morgan fingerprint density at radius 3 is 2.55 bits per heavy atom. The number of rotatable bonds is 8. The topological polar surface area (TPSA) is 53.9 Å². The minimum absolute atomic E-state index is 0.238. The Labute approximate surface area is 130 Å². The molecule has 22 heavy (non-hydrogen) atoms. The highest BCUT2D eigenvalue weighted by molar-refractivity contribution is 5.40. The zero-order valence-electron chi connectivity index (χ0n) is 13.1. The third-order valence-corrected chi connectivity index (χ3v) is 3.25. The molecule has 2 rings (SSSR count). The first-order chi connectivity index (χ1) is 10.7. The standard InChI is InChI=1S/C16H22FN5/c1-3-9-22(10-4-2)15-12-19-21-16(20-15)18-11-13-7-5-6-8-14(13)17/h5-8,12H,3-4,9-11H2,1-2H3,(H,18,20,21). The maximum atomic E-state index is 13.6. The van der Waals surface area contributed by atoms with Crippen LogP contribution in [0.15, 0.2) is 30.5 Å². The second-order valence-electron chi connectivity index (χ2n) is 5.07. The number of nitrogens with zero attached hydrogens (tertiary/aromatic N) is 4. The number of hydrogen-bond donors (Lipinski definition) is 1. The lowest BCUT2D eigenvalue weighted by molar-refractivity contribution is 0.612. The van der Waals surface area contributed by atoms with Crippen LogP contribution in [-0.4, -0.2) is 28.3 Å². The van der Waals surface area contributed by atoms with Crippen molar-refractivity contribution in [2.75, 3.05) is 23.3 Å². The highest BCUT2D eigenvalue weighted by atomic mass is 19.1. The zero-order chi connectivity index (χ0) is 15.8. The maximum Gasteiger partial charge on any atom is 0.244 e. The summed E-state index contributed by atoms with van der Waals surface area (Å²) in [7, 11) is 0. The summed E-state index contributed by atoms with van der Waals surface area (Å²) in [5, 5.41) is 11.0. The highest BCUT2D eigenvalue weighted by Crippen LogP contribution is 2.13. The summed E-state index contributed by atoms with van der Waals surface area (Å²) in [5.41, 5.74) is 0.579. The molecule has 0 atom stereocenters. The smallest absolute Gasteiger partial charge is 0.244 e. The van der Waals surface area contributed by atoms with Crippen molar-refractivity contribution in [3.63, 3.8) is 0 Å². The minimum atomic E-state index is -0.238. The molecular weight excluding hydrogens is 281 g/mol. The molecule has 0 aliphatic heterocycles. The van der Waals surface area contributed by atoms with Gasteiger partial charge in [-0.25, -0.2) is 4.39 Å². The van der Waals surface area contributed by atoms with Gasteiger partial charge in [-0.05, 0) is 18.9 Å². The molecule has 0 fully saturated rings. The lowest BCUT2D eigenvalue weighted by atomic mass is 10.2. The first-order valence-electron chi connectivity index (χ1n) is 7.66. The van der Waals surface area contributed by atoms with Gasteiger partial charge in [0.15, 0.2) is 5.82 Å². The molecule has 0 bridgehead atoms. The van der Waals surface area contributed by atoms with Crippen LogP contribution in [0.2, 0.25) is 0 Å². The Balaban J connectivity index is 2.06. The minimum Gasteiger partial charge on any atom is -0.355 e.